The lowest BCUT2D eigenvalue weighted by Gasteiger charge is -2.10. The Morgan fingerprint density at radius 1 is 1.00 bits per heavy atom. The second-order valence-corrected chi connectivity index (χ2v) is 7.30. The Hall–Kier alpha value is -3.99. The molecule has 0 aliphatic rings. The number of nitrogens with one attached hydrogen (secondary N) is 1. The lowest BCUT2D eigenvalue weighted by atomic mass is 10.2. The summed E-state index contributed by atoms with van der Waals surface area (Å²) in [5, 5.41) is 11.5. The molecule has 11 heteroatoms. The molecule has 0 spiro atoms. The number of para-hydroxylation sites is 1. The van der Waals surface area contributed by atoms with Crippen LogP contribution < -0.4 is 19.5 Å². The van der Waals surface area contributed by atoms with Crippen LogP contribution in [0.5, 0.6) is 17.2 Å². The molecule has 0 atom stereocenters. The average Bonchev–Trinajstić information content (AvgIpc) is 3.44. The molecule has 0 bridgehead atoms. The first-order valence-electron chi connectivity index (χ1n) is 9.48. The van der Waals surface area contributed by atoms with Crippen molar-refractivity contribution < 1.29 is 19.0 Å². The highest BCUT2D eigenvalue weighted by atomic mass is 32.1. The topological polar surface area (TPSA) is 113 Å². The molecule has 2 aromatic carbocycles. The largest absolute Gasteiger partial charge is 0.496 e. The summed E-state index contributed by atoms with van der Waals surface area (Å²) in [4.78, 5) is 17.0. The van der Waals surface area contributed by atoms with E-state index in [0.29, 0.717) is 39.5 Å². The molecule has 2 aromatic heterocycles. The first-order chi connectivity index (χ1) is 15.5. The molecular formula is C21H20N6O4S. The van der Waals surface area contributed by atoms with E-state index >= 15 is 0 Å². The molecule has 1 amide bonds. The minimum absolute atomic E-state index is 0.337. The fourth-order valence-electron chi connectivity index (χ4n) is 3.10. The van der Waals surface area contributed by atoms with E-state index in [4.69, 9.17) is 14.2 Å². The van der Waals surface area contributed by atoms with E-state index in [0.717, 1.165) is 22.9 Å². The van der Waals surface area contributed by atoms with Gasteiger partial charge in [-0.2, -0.15) is 9.36 Å². The van der Waals surface area contributed by atoms with Crippen LogP contribution in [0.4, 0.5) is 5.13 Å². The predicted molar refractivity (Wildman–Crippen MR) is 119 cm³/mol. The van der Waals surface area contributed by atoms with Crippen LogP contribution in [0.3, 0.4) is 0 Å². The third-order valence-corrected chi connectivity index (χ3v) is 5.35. The summed E-state index contributed by atoms with van der Waals surface area (Å²) in [6.45, 7) is 1.86. The molecule has 0 fully saturated rings. The Kier molecular flexibility index (Phi) is 5.99. The van der Waals surface area contributed by atoms with Gasteiger partial charge in [0, 0.05) is 17.6 Å². The van der Waals surface area contributed by atoms with Gasteiger partial charge in [0.05, 0.1) is 38.3 Å². The second kappa shape index (κ2) is 9.02. The SMILES string of the molecule is COc1ccc(-n2nnc(-c3nsc(NC(=O)c4ccccc4OC)n3)c2C)cc1OC. The molecule has 0 aliphatic carbocycles. The summed E-state index contributed by atoms with van der Waals surface area (Å²) >= 11 is 1.06. The van der Waals surface area contributed by atoms with Crippen LogP contribution in [0.2, 0.25) is 0 Å². The van der Waals surface area contributed by atoms with Gasteiger partial charge in [0.25, 0.3) is 5.91 Å². The highest BCUT2D eigenvalue weighted by Crippen LogP contribution is 2.30. The summed E-state index contributed by atoms with van der Waals surface area (Å²) in [6.07, 6.45) is 0. The Morgan fingerprint density at radius 3 is 2.50 bits per heavy atom. The van der Waals surface area contributed by atoms with Gasteiger partial charge in [-0.1, -0.05) is 17.3 Å². The first kappa shape index (κ1) is 21.2. The van der Waals surface area contributed by atoms with Crippen molar-refractivity contribution in [2.45, 2.75) is 6.92 Å². The van der Waals surface area contributed by atoms with Crippen LogP contribution in [0.25, 0.3) is 17.2 Å². The van der Waals surface area contributed by atoms with E-state index in [1.54, 1.807) is 55.3 Å². The molecule has 32 heavy (non-hydrogen) atoms. The summed E-state index contributed by atoms with van der Waals surface area (Å²) < 4.78 is 21.9. The first-order valence-corrected chi connectivity index (χ1v) is 10.3. The Bertz CT molecular complexity index is 1270. The molecule has 10 nitrogen and oxygen atoms in total. The Morgan fingerprint density at radius 2 is 1.75 bits per heavy atom. The normalized spacial score (nSPS) is 10.6. The lowest BCUT2D eigenvalue weighted by Crippen LogP contribution is -2.12. The number of methoxy groups -OCH3 is 3. The van der Waals surface area contributed by atoms with Crippen LogP contribution in [-0.2, 0) is 0 Å². The molecule has 164 valence electrons. The molecule has 4 rings (SSSR count). The van der Waals surface area contributed by atoms with Gasteiger partial charge in [-0.3, -0.25) is 10.1 Å². The molecule has 1 N–H and O–H groups in total. The smallest absolute Gasteiger partial charge is 0.261 e. The monoisotopic (exact) mass is 452 g/mol. The predicted octanol–water partition coefficient (Wildman–Crippen LogP) is 3.37. The van der Waals surface area contributed by atoms with Crippen molar-refractivity contribution in [3.8, 4) is 34.5 Å². The maximum Gasteiger partial charge on any atom is 0.261 e. The van der Waals surface area contributed by atoms with Crippen LogP contribution in [0.1, 0.15) is 16.1 Å². The maximum absolute atomic E-state index is 12.6. The minimum Gasteiger partial charge on any atom is -0.496 e. The van der Waals surface area contributed by atoms with Gasteiger partial charge >= 0.3 is 0 Å². The van der Waals surface area contributed by atoms with E-state index in [9.17, 15) is 4.79 Å². The van der Waals surface area contributed by atoms with Crippen molar-refractivity contribution in [1.82, 2.24) is 24.4 Å². The number of carbonyl (C=O) groups is 1. The summed E-state index contributed by atoms with van der Waals surface area (Å²) in [6, 6.07) is 12.4. The second-order valence-electron chi connectivity index (χ2n) is 6.55. The summed E-state index contributed by atoms with van der Waals surface area (Å²) in [5.74, 6) is 1.70. The number of anilines is 1. The fourth-order valence-corrected chi connectivity index (χ4v) is 3.67. The molecule has 2 heterocycles. The average molecular weight is 452 g/mol. The van der Waals surface area contributed by atoms with Gasteiger partial charge in [-0.05, 0) is 31.2 Å². The van der Waals surface area contributed by atoms with E-state index in [-0.39, 0.29) is 5.91 Å². The van der Waals surface area contributed by atoms with E-state index < -0.39 is 0 Å². The fraction of sp³-hybridized carbons (Fsp3) is 0.190. The third-order valence-electron chi connectivity index (χ3n) is 4.72. The lowest BCUT2D eigenvalue weighted by molar-refractivity contribution is 0.102. The van der Waals surface area contributed by atoms with Gasteiger partial charge in [-0.25, -0.2) is 4.68 Å². The van der Waals surface area contributed by atoms with E-state index in [1.807, 2.05) is 13.0 Å². The highest BCUT2D eigenvalue weighted by molar-refractivity contribution is 7.10. The van der Waals surface area contributed by atoms with Crippen molar-refractivity contribution in [2.75, 3.05) is 26.6 Å². The van der Waals surface area contributed by atoms with Crippen molar-refractivity contribution in [2.24, 2.45) is 0 Å². The minimum atomic E-state index is -0.337. The standard InChI is InChI=1S/C21H20N6O4S/c1-12-18(24-26-27(12)13-9-10-16(30-3)17(11-13)31-4)19-22-21(32-25-19)23-20(28)14-7-5-6-8-15(14)29-2/h5-11H,1-4H3,(H,22,23,25,28). The van der Waals surface area contributed by atoms with Crippen molar-refractivity contribution >= 4 is 22.6 Å². The number of hydrogen-bond donors (Lipinski definition) is 1. The molecule has 0 unspecified atom stereocenters. The Labute approximate surface area is 187 Å². The molecule has 0 saturated carbocycles. The summed E-state index contributed by atoms with van der Waals surface area (Å²) in [5.41, 5.74) is 2.40. The number of hydrogen-bond acceptors (Lipinski definition) is 9. The number of nitrogens with zero attached hydrogens (tertiary/aromatic N) is 5. The van der Waals surface area contributed by atoms with Crippen LogP contribution in [-0.4, -0.2) is 51.6 Å². The number of ether oxygens (including phenoxy) is 3. The Balaban J connectivity index is 1.58. The van der Waals surface area contributed by atoms with Crippen LogP contribution in [0.15, 0.2) is 42.5 Å². The third kappa shape index (κ3) is 3.97. The van der Waals surface area contributed by atoms with Crippen molar-refractivity contribution in [3.05, 3.63) is 53.7 Å². The van der Waals surface area contributed by atoms with Gasteiger partial charge in [0.2, 0.25) is 5.13 Å². The molecular weight excluding hydrogens is 432 g/mol. The zero-order chi connectivity index (χ0) is 22.7. The maximum atomic E-state index is 12.6. The van der Waals surface area contributed by atoms with Crippen molar-refractivity contribution in [3.63, 3.8) is 0 Å². The number of benzene rings is 2. The molecule has 0 saturated heterocycles. The number of aromatic nitrogens is 5. The number of rotatable bonds is 7. The van der Waals surface area contributed by atoms with Crippen molar-refractivity contribution in [1.29, 1.82) is 0 Å². The number of amides is 1. The van der Waals surface area contributed by atoms with Gasteiger partial charge in [0.1, 0.15) is 5.75 Å². The van der Waals surface area contributed by atoms with Crippen LogP contribution in [0, 0.1) is 6.92 Å². The van der Waals surface area contributed by atoms with Gasteiger partial charge in [-0.15, -0.1) is 5.10 Å². The molecule has 0 radical (unpaired) electrons. The van der Waals surface area contributed by atoms with Gasteiger partial charge in [0.15, 0.2) is 23.0 Å². The summed E-state index contributed by atoms with van der Waals surface area (Å²) in [7, 11) is 4.66. The highest BCUT2D eigenvalue weighted by Gasteiger charge is 2.19. The van der Waals surface area contributed by atoms with Crippen LogP contribution >= 0.6 is 11.5 Å². The quantitative estimate of drug-likeness (QED) is 0.454. The zero-order valence-corrected chi connectivity index (χ0v) is 18.6. The van der Waals surface area contributed by atoms with Gasteiger partial charge < -0.3 is 14.2 Å². The molecule has 4 aromatic rings. The molecule has 0 aliphatic heterocycles. The zero-order valence-electron chi connectivity index (χ0n) is 17.8. The van der Waals surface area contributed by atoms with E-state index in [1.165, 1.54) is 7.11 Å². The number of carbonyl (C=O) groups excluding carboxylic acids is 1. The van der Waals surface area contributed by atoms with E-state index in [2.05, 4.69) is 25.0 Å².